The van der Waals surface area contributed by atoms with E-state index in [-0.39, 0.29) is 6.10 Å². The van der Waals surface area contributed by atoms with Gasteiger partial charge in [0.15, 0.2) is 0 Å². The summed E-state index contributed by atoms with van der Waals surface area (Å²) < 4.78 is 6.11. The Balaban J connectivity index is 2.67. The lowest BCUT2D eigenvalue weighted by Crippen LogP contribution is -2.31. The van der Waals surface area contributed by atoms with E-state index >= 15 is 0 Å². The number of hydrogen-bond acceptors (Lipinski definition) is 2. The maximum Gasteiger partial charge on any atom is 0.122 e. The maximum absolute atomic E-state index is 6.11. The highest BCUT2D eigenvalue weighted by molar-refractivity contribution is 5.38. The number of rotatable bonds is 7. The average molecular weight is 235 g/mol. The standard InChI is InChI=1S/C15H25NO/c1-5-8-14(11-16-6-2)17-15-10-7-9-12(3)13(15)4/h7,9-10,14,16H,5-6,8,11H2,1-4H3. The van der Waals surface area contributed by atoms with E-state index in [1.54, 1.807) is 0 Å². The molecule has 1 N–H and O–H groups in total. The van der Waals surface area contributed by atoms with Crippen LogP contribution in [-0.4, -0.2) is 19.2 Å². The zero-order valence-electron chi connectivity index (χ0n) is 11.5. The van der Waals surface area contributed by atoms with Crippen LogP contribution in [0, 0.1) is 13.8 Å². The monoisotopic (exact) mass is 235 g/mol. The molecule has 0 aliphatic carbocycles. The lowest BCUT2D eigenvalue weighted by molar-refractivity contribution is 0.186. The normalized spacial score (nSPS) is 12.5. The Bertz CT molecular complexity index is 336. The van der Waals surface area contributed by atoms with Crippen LogP contribution in [0.15, 0.2) is 18.2 Å². The number of likely N-dealkylation sites (N-methyl/N-ethyl adjacent to an activating group) is 1. The molecule has 1 aromatic rings. The van der Waals surface area contributed by atoms with E-state index in [0.717, 1.165) is 31.7 Å². The lowest BCUT2D eigenvalue weighted by Gasteiger charge is -2.20. The first-order valence-electron chi connectivity index (χ1n) is 6.62. The van der Waals surface area contributed by atoms with Crippen LogP contribution in [0.4, 0.5) is 0 Å². The van der Waals surface area contributed by atoms with Crippen molar-refractivity contribution in [2.45, 2.75) is 46.6 Å². The second-order valence-corrected chi connectivity index (χ2v) is 4.53. The van der Waals surface area contributed by atoms with Gasteiger partial charge in [-0.05, 0) is 44.0 Å². The van der Waals surface area contributed by atoms with Crippen LogP contribution in [0.1, 0.15) is 37.8 Å². The highest BCUT2D eigenvalue weighted by atomic mass is 16.5. The fraction of sp³-hybridized carbons (Fsp3) is 0.600. The van der Waals surface area contributed by atoms with E-state index < -0.39 is 0 Å². The summed E-state index contributed by atoms with van der Waals surface area (Å²) in [5.41, 5.74) is 2.55. The molecule has 96 valence electrons. The largest absolute Gasteiger partial charge is 0.489 e. The number of aryl methyl sites for hydroxylation is 1. The van der Waals surface area contributed by atoms with Crippen molar-refractivity contribution in [3.05, 3.63) is 29.3 Å². The fourth-order valence-corrected chi connectivity index (χ4v) is 1.86. The molecule has 2 heteroatoms. The fourth-order valence-electron chi connectivity index (χ4n) is 1.86. The molecule has 0 amide bonds. The van der Waals surface area contributed by atoms with Crippen molar-refractivity contribution in [3.8, 4) is 5.75 Å². The third-order valence-electron chi connectivity index (χ3n) is 3.08. The summed E-state index contributed by atoms with van der Waals surface area (Å²) in [4.78, 5) is 0. The Kier molecular flexibility index (Phi) is 6.06. The summed E-state index contributed by atoms with van der Waals surface area (Å²) in [7, 11) is 0. The molecule has 1 rings (SSSR count). The molecule has 0 saturated heterocycles. The third-order valence-corrected chi connectivity index (χ3v) is 3.08. The maximum atomic E-state index is 6.11. The lowest BCUT2D eigenvalue weighted by atomic mass is 10.1. The molecular weight excluding hydrogens is 210 g/mol. The van der Waals surface area contributed by atoms with Crippen molar-refractivity contribution in [1.82, 2.24) is 5.32 Å². The molecule has 1 unspecified atom stereocenters. The summed E-state index contributed by atoms with van der Waals surface area (Å²) in [6.07, 6.45) is 2.53. The predicted octanol–water partition coefficient (Wildman–Crippen LogP) is 3.46. The summed E-state index contributed by atoms with van der Waals surface area (Å²) in [5.74, 6) is 1.03. The van der Waals surface area contributed by atoms with Gasteiger partial charge in [0, 0.05) is 6.54 Å². The van der Waals surface area contributed by atoms with Crippen LogP contribution in [0.25, 0.3) is 0 Å². The Morgan fingerprint density at radius 2 is 2.00 bits per heavy atom. The van der Waals surface area contributed by atoms with Gasteiger partial charge in [-0.2, -0.15) is 0 Å². The van der Waals surface area contributed by atoms with Gasteiger partial charge in [0.05, 0.1) is 0 Å². The molecule has 1 aromatic carbocycles. The van der Waals surface area contributed by atoms with Crippen LogP contribution >= 0.6 is 0 Å². The van der Waals surface area contributed by atoms with Crippen LogP contribution in [0.2, 0.25) is 0 Å². The molecule has 0 saturated carbocycles. The van der Waals surface area contributed by atoms with Crippen LogP contribution in [0.3, 0.4) is 0 Å². The molecule has 0 heterocycles. The van der Waals surface area contributed by atoms with Gasteiger partial charge in [-0.15, -0.1) is 0 Å². The van der Waals surface area contributed by atoms with E-state index in [0.29, 0.717) is 0 Å². The number of benzene rings is 1. The van der Waals surface area contributed by atoms with Gasteiger partial charge in [-0.1, -0.05) is 32.4 Å². The molecular formula is C15H25NO. The zero-order chi connectivity index (χ0) is 12.7. The van der Waals surface area contributed by atoms with Crippen molar-refractivity contribution in [2.24, 2.45) is 0 Å². The quantitative estimate of drug-likeness (QED) is 0.781. The first-order valence-corrected chi connectivity index (χ1v) is 6.62. The average Bonchev–Trinajstić information content (AvgIpc) is 2.32. The van der Waals surface area contributed by atoms with E-state index in [9.17, 15) is 0 Å². The van der Waals surface area contributed by atoms with Crippen molar-refractivity contribution < 1.29 is 4.74 Å². The molecule has 1 atom stereocenters. The minimum absolute atomic E-state index is 0.278. The molecule has 0 aromatic heterocycles. The first kappa shape index (κ1) is 14.0. The van der Waals surface area contributed by atoms with Gasteiger partial charge in [0.25, 0.3) is 0 Å². The Hall–Kier alpha value is -1.02. The molecule has 0 spiro atoms. The van der Waals surface area contributed by atoms with Crippen LogP contribution < -0.4 is 10.1 Å². The Morgan fingerprint density at radius 3 is 2.65 bits per heavy atom. The van der Waals surface area contributed by atoms with Gasteiger partial charge >= 0.3 is 0 Å². The second kappa shape index (κ2) is 7.33. The summed E-state index contributed by atoms with van der Waals surface area (Å²) in [5, 5.41) is 3.36. The van der Waals surface area contributed by atoms with E-state index in [4.69, 9.17) is 4.74 Å². The van der Waals surface area contributed by atoms with Gasteiger partial charge in [0.1, 0.15) is 11.9 Å². The topological polar surface area (TPSA) is 21.3 Å². The first-order chi connectivity index (χ1) is 8.19. The molecule has 0 fully saturated rings. The molecule has 0 aliphatic rings. The molecule has 2 nitrogen and oxygen atoms in total. The van der Waals surface area contributed by atoms with Gasteiger partial charge in [-0.25, -0.2) is 0 Å². The van der Waals surface area contributed by atoms with Crippen molar-refractivity contribution in [1.29, 1.82) is 0 Å². The number of hydrogen-bond donors (Lipinski definition) is 1. The minimum Gasteiger partial charge on any atom is -0.489 e. The smallest absolute Gasteiger partial charge is 0.122 e. The highest BCUT2D eigenvalue weighted by Crippen LogP contribution is 2.22. The summed E-state index contributed by atoms with van der Waals surface area (Å²) >= 11 is 0. The van der Waals surface area contributed by atoms with Crippen molar-refractivity contribution >= 4 is 0 Å². The van der Waals surface area contributed by atoms with Crippen LogP contribution in [-0.2, 0) is 0 Å². The molecule has 0 aliphatic heterocycles. The Morgan fingerprint density at radius 1 is 1.24 bits per heavy atom. The Labute approximate surface area is 105 Å². The SMILES string of the molecule is CCCC(CNCC)Oc1cccc(C)c1C. The van der Waals surface area contributed by atoms with Gasteiger partial charge < -0.3 is 10.1 Å². The van der Waals surface area contributed by atoms with Gasteiger partial charge in [-0.3, -0.25) is 0 Å². The van der Waals surface area contributed by atoms with E-state index in [2.05, 4.69) is 51.2 Å². The summed E-state index contributed by atoms with van der Waals surface area (Å²) in [6.45, 7) is 10.5. The molecule has 17 heavy (non-hydrogen) atoms. The summed E-state index contributed by atoms with van der Waals surface area (Å²) in [6, 6.07) is 6.26. The number of ether oxygens (including phenoxy) is 1. The van der Waals surface area contributed by atoms with E-state index in [1.807, 2.05) is 0 Å². The van der Waals surface area contributed by atoms with Crippen LogP contribution in [0.5, 0.6) is 5.75 Å². The number of nitrogens with one attached hydrogen (secondary N) is 1. The minimum atomic E-state index is 0.278. The zero-order valence-corrected chi connectivity index (χ0v) is 11.5. The third kappa shape index (κ3) is 4.39. The highest BCUT2D eigenvalue weighted by Gasteiger charge is 2.10. The van der Waals surface area contributed by atoms with Gasteiger partial charge in [0.2, 0.25) is 0 Å². The van der Waals surface area contributed by atoms with Crippen molar-refractivity contribution in [2.75, 3.05) is 13.1 Å². The molecule has 0 bridgehead atoms. The molecule has 0 radical (unpaired) electrons. The van der Waals surface area contributed by atoms with E-state index in [1.165, 1.54) is 11.1 Å². The van der Waals surface area contributed by atoms with Crippen molar-refractivity contribution in [3.63, 3.8) is 0 Å². The predicted molar refractivity (Wildman–Crippen MR) is 73.8 cm³/mol. The second-order valence-electron chi connectivity index (χ2n) is 4.53.